The molecule has 6 heteroatoms. The van der Waals surface area contributed by atoms with Gasteiger partial charge in [0.25, 0.3) is 0 Å². The van der Waals surface area contributed by atoms with E-state index in [0.717, 1.165) is 44.8 Å². The molecule has 0 radical (unpaired) electrons. The van der Waals surface area contributed by atoms with Gasteiger partial charge >= 0.3 is 0 Å². The van der Waals surface area contributed by atoms with Crippen molar-refractivity contribution in [3.63, 3.8) is 0 Å². The minimum atomic E-state index is -0.181. The van der Waals surface area contributed by atoms with Crippen LogP contribution in [0, 0.1) is 13.8 Å². The van der Waals surface area contributed by atoms with Crippen molar-refractivity contribution >= 4 is 22.5 Å². The molecule has 0 saturated heterocycles. The van der Waals surface area contributed by atoms with Crippen LogP contribution in [0.1, 0.15) is 36.4 Å². The second-order valence-electron chi connectivity index (χ2n) is 12.9. The van der Waals surface area contributed by atoms with Gasteiger partial charge in [-0.3, -0.25) is 0 Å². The Morgan fingerprint density at radius 3 is 1.34 bits per heavy atom. The van der Waals surface area contributed by atoms with Crippen LogP contribution in [0.3, 0.4) is 0 Å². The van der Waals surface area contributed by atoms with Gasteiger partial charge in [0.15, 0.2) is 22.5 Å². The van der Waals surface area contributed by atoms with Gasteiger partial charge in [-0.2, -0.15) is 9.97 Å². The summed E-state index contributed by atoms with van der Waals surface area (Å²) in [6.45, 7) is 8.55. The van der Waals surface area contributed by atoms with E-state index in [1.54, 1.807) is 0 Å². The fourth-order valence-electron chi connectivity index (χ4n) is 6.83. The van der Waals surface area contributed by atoms with E-state index >= 15 is 0 Å². The van der Waals surface area contributed by atoms with Gasteiger partial charge < -0.3 is 8.83 Å². The number of pyridine rings is 2. The Balaban J connectivity index is 1.05. The zero-order chi connectivity index (χ0) is 31.9. The van der Waals surface area contributed by atoms with Crippen molar-refractivity contribution in [3.8, 4) is 56.3 Å². The zero-order valence-electron chi connectivity index (χ0n) is 26.5. The summed E-state index contributed by atoms with van der Waals surface area (Å²) in [4.78, 5) is 18.4. The van der Waals surface area contributed by atoms with Gasteiger partial charge in [0.05, 0.1) is 0 Å². The van der Waals surface area contributed by atoms with E-state index in [1.165, 1.54) is 22.3 Å². The van der Waals surface area contributed by atoms with Crippen molar-refractivity contribution in [2.24, 2.45) is 0 Å². The van der Waals surface area contributed by atoms with E-state index in [2.05, 4.69) is 107 Å². The average Bonchev–Trinajstić information content (AvgIpc) is 3.77. The molecule has 0 saturated carbocycles. The summed E-state index contributed by atoms with van der Waals surface area (Å²) >= 11 is 0. The number of aromatic nitrogens is 4. The molecule has 47 heavy (non-hydrogen) atoms. The molecule has 8 aromatic rings. The average molecular weight is 611 g/mol. The van der Waals surface area contributed by atoms with Crippen molar-refractivity contribution < 1.29 is 8.83 Å². The summed E-state index contributed by atoms with van der Waals surface area (Å²) in [5.74, 6) is 1.15. The first kappa shape index (κ1) is 27.4. The third-order valence-corrected chi connectivity index (χ3v) is 9.35. The zero-order valence-corrected chi connectivity index (χ0v) is 26.5. The Labute approximate surface area is 271 Å². The van der Waals surface area contributed by atoms with Crippen molar-refractivity contribution in [1.82, 2.24) is 19.9 Å². The van der Waals surface area contributed by atoms with Crippen LogP contribution >= 0.6 is 0 Å². The van der Waals surface area contributed by atoms with E-state index in [-0.39, 0.29) is 5.41 Å². The second-order valence-corrected chi connectivity index (χ2v) is 12.9. The molecule has 4 aromatic carbocycles. The van der Waals surface area contributed by atoms with Gasteiger partial charge in [-0.25, -0.2) is 9.97 Å². The van der Waals surface area contributed by atoms with Gasteiger partial charge in [-0.1, -0.05) is 62.4 Å². The molecule has 0 amide bonds. The van der Waals surface area contributed by atoms with Crippen LogP contribution in [-0.2, 0) is 5.41 Å². The predicted octanol–water partition coefficient (Wildman–Crippen LogP) is 10.4. The molecule has 0 aliphatic heterocycles. The van der Waals surface area contributed by atoms with E-state index in [0.29, 0.717) is 34.2 Å². The van der Waals surface area contributed by atoms with Crippen LogP contribution in [0.2, 0.25) is 0 Å². The molecule has 4 aromatic heterocycles. The van der Waals surface area contributed by atoms with Crippen molar-refractivity contribution in [3.05, 3.63) is 132 Å². The topological polar surface area (TPSA) is 77.8 Å². The van der Waals surface area contributed by atoms with Crippen LogP contribution in [0.15, 0.2) is 118 Å². The molecule has 0 atom stereocenters. The molecule has 0 N–H and O–H groups in total. The molecular formula is C41H30N4O2. The lowest BCUT2D eigenvalue weighted by Gasteiger charge is -2.22. The van der Waals surface area contributed by atoms with Crippen molar-refractivity contribution in [1.29, 1.82) is 0 Å². The van der Waals surface area contributed by atoms with Crippen molar-refractivity contribution in [2.75, 3.05) is 0 Å². The maximum atomic E-state index is 6.06. The number of oxazole rings is 2. The highest BCUT2D eigenvalue weighted by molar-refractivity contribution is 5.87. The Hall–Kier alpha value is -5.88. The lowest BCUT2D eigenvalue weighted by molar-refractivity contribution is 0.619. The maximum Gasteiger partial charge on any atom is 0.228 e. The first-order valence-corrected chi connectivity index (χ1v) is 15.8. The fraction of sp³-hybridized carbons (Fsp3) is 0.122. The number of hydrogen-bond acceptors (Lipinski definition) is 6. The lowest BCUT2D eigenvalue weighted by atomic mass is 9.80. The van der Waals surface area contributed by atoms with Gasteiger partial charge in [-0.05, 0) is 119 Å². The minimum absolute atomic E-state index is 0.181. The number of benzene rings is 4. The minimum Gasteiger partial charge on any atom is -0.434 e. The van der Waals surface area contributed by atoms with E-state index in [9.17, 15) is 0 Å². The Bertz CT molecular complexity index is 2360. The molecular weight excluding hydrogens is 580 g/mol. The van der Waals surface area contributed by atoms with E-state index < -0.39 is 0 Å². The van der Waals surface area contributed by atoms with Crippen LogP contribution in [-0.4, -0.2) is 19.9 Å². The largest absolute Gasteiger partial charge is 0.434 e. The summed E-state index contributed by atoms with van der Waals surface area (Å²) in [6.07, 6.45) is 0. The molecule has 1 aliphatic carbocycles. The third-order valence-electron chi connectivity index (χ3n) is 9.35. The summed E-state index contributed by atoms with van der Waals surface area (Å²) < 4.78 is 12.1. The standard InChI is InChI=1S/C41H30N4O2/c1-23-11-17-35-37(42-23)44-39(46-35)29-9-5-7-25(19-29)27-13-15-31-32-16-14-28(22-34(32)41(3,4)33(31)21-27)26-8-6-10-30(20-26)40-45-38-36(47-40)18-12-24(2)43-38/h5-22H,1-4H3. The molecule has 226 valence electrons. The van der Waals surface area contributed by atoms with Gasteiger partial charge in [-0.15, -0.1) is 0 Å². The smallest absolute Gasteiger partial charge is 0.228 e. The van der Waals surface area contributed by atoms with E-state index in [1.807, 2.05) is 50.2 Å². The Morgan fingerprint density at radius 2 is 0.872 bits per heavy atom. The highest BCUT2D eigenvalue weighted by Gasteiger charge is 2.36. The van der Waals surface area contributed by atoms with E-state index in [4.69, 9.17) is 8.83 Å². The van der Waals surface area contributed by atoms with Crippen LogP contribution in [0.25, 0.3) is 78.7 Å². The molecule has 9 rings (SSSR count). The number of hydrogen-bond donors (Lipinski definition) is 0. The Kier molecular flexibility index (Phi) is 5.87. The molecule has 0 spiro atoms. The Morgan fingerprint density at radius 1 is 0.447 bits per heavy atom. The lowest BCUT2D eigenvalue weighted by Crippen LogP contribution is -2.15. The quantitative estimate of drug-likeness (QED) is 0.197. The van der Waals surface area contributed by atoms with Crippen LogP contribution in [0.5, 0.6) is 0 Å². The summed E-state index contributed by atoms with van der Waals surface area (Å²) in [5, 5.41) is 0. The molecule has 0 bridgehead atoms. The number of fused-ring (bicyclic) bond motifs is 5. The molecule has 1 aliphatic rings. The summed E-state index contributed by atoms with van der Waals surface area (Å²) in [5.41, 5.74) is 15.9. The fourth-order valence-corrected chi connectivity index (χ4v) is 6.83. The third kappa shape index (κ3) is 4.48. The van der Waals surface area contributed by atoms with Crippen LogP contribution < -0.4 is 0 Å². The first-order valence-electron chi connectivity index (χ1n) is 15.8. The van der Waals surface area contributed by atoms with Crippen molar-refractivity contribution in [2.45, 2.75) is 33.1 Å². The SMILES string of the molecule is Cc1ccc2oc(-c3cccc(-c4ccc5c(c4)C(C)(C)c4cc(-c6cccc(-c7nc8nc(C)ccc8o7)c6)ccc4-5)c3)nc2n1. The van der Waals surface area contributed by atoms with Gasteiger partial charge in [0, 0.05) is 27.9 Å². The normalized spacial score (nSPS) is 13.3. The van der Waals surface area contributed by atoms with Gasteiger partial charge in [0.1, 0.15) is 0 Å². The maximum absolute atomic E-state index is 6.06. The summed E-state index contributed by atoms with van der Waals surface area (Å²) in [7, 11) is 0. The number of aryl methyl sites for hydroxylation is 2. The second kappa shape index (κ2) is 10.1. The molecule has 0 unspecified atom stereocenters. The molecule has 4 heterocycles. The number of rotatable bonds is 4. The van der Waals surface area contributed by atoms with Crippen LogP contribution in [0.4, 0.5) is 0 Å². The molecule has 0 fully saturated rings. The van der Waals surface area contributed by atoms with Gasteiger partial charge in [0.2, 0.25) is 11.8 Å². The predicted molar refractivity (Wildman–Crippen MR) is 186 cm³/mol. The number of nitrogens with zero attached hydrogens (tertiary/aromatic N) is 4. The first-order chi connectivity index (χ1) is 22.8. The monoisotopic (exact) mass is 610 g/mol. The summed E-state index contributed by atoms with van der Waals surface area (Å²) in [6, 6.07) is 38.2. The molecule has 6 nitrogen and oxygen atoms in total. The highest BCUT2D eigenvalue weighted by atomic mass is 16.4. The highest BCUT2D eigenvalue weighted by Crippen LogP contribution is 2.50.